The second-order valence-electron chi connectivity index (χ2n) is 3.71. The number of carboxylic acids is 1. The van der Waals surface area contributed by atoms with Crippen molar-refractivity contribution in [3.05, 3.63) is 42.0 Å². The molecule has 2 amide bonds. The van der Waals surface area contributed by atoms with Crippen LogP contribution in [0, 0.1) is 0 Å². The van der Waals surface area contributed by atoms with E-state index in [4.69, 9.17) is 10.2 Å². The molecule has 0 spiro atoms. The Morgan fingerprint density at radius 1 is 1.06 bits per heavy atom. The SMILES string of the molecule is O=C(O)C(c1ccc(O)cc1)N1C(=O)C=CC1=O. The second-order valence-corrected chi connectivity index (χ2v) is 3.71. The van der Waals surface area contributed by atoms with Gasteiger partial charge in [0, 0.05) is 12.2 Å². The molecule has 1 aliphatic heterocycles. The van der Waals surface area contributed by atoms with Gasteiger partial charge in [0.05, 0.1) is 0 Å². The Morgan fingerprint density at radius 2 is 1.56 bits per heavy atom. The Kier molecular flexibility index (Phi) is 2.85. The number of aromatic hydroxyl groups is 1. The molecule has 0 aliphatic carbocycles. The molecule has 6 nitrogen and oxygen atoms in total. The Morgan fingerprint density at radius 3 is 2.00 bits per heavy atom. The number of nitrogens with zero attached hydrogens (tertiary/aromatic N) is 1. The van der Waals surface area contributed by atoms with Crippen molar-refractivity contribution in [2.24, 2.45) is 0 Å². The highest BCUT2D eigenvalue weighted by Gasteiger charge is 2.36. The summed E-state index contributed by atoms with van der Waals surface area (Å²) in [6, 6.07) is 3.91. The molecule has 6 heteroatoms. The van der Waals surface area contributed by atoms with Crippen molar-refractivity contribution in [1.82, 2.24) is 4.90 Å². The number of amides is 2. The third kappa shape index (κ3) is 1.95. The number of phenols is 1. The Bertz CT molecular complexity index is 528. The van der Waals surface area contributed by atoms with E-state index in [0.29, 0.717) is 4.90 Å². The summed E-state index contributed by atoms with van der Waals surface area (Å²) in [4.78, 5) is 34.8. The molecule has 1 aromatic rings. The van der Waals surface area contributed by atoms with Crippen molar-refractivity contribution < 1.29 is 24.6 Å². The van der Waals surface area contributed by atoms with Crippen molar-refractivity contribution in [1.29, 1.82) is 0 Å². The molecule has 0 aromatic heterocycles. The zero-order valence-corrected chi connectivity index (χ0v) is 9.11. The van der Waals surface area contributed by atoms with E-state index >= 15 is 0 Å². The van der Waals surface area contributed by atoms with Gasteiger partial charge in [0.2, 0.25) is 0 Å². The topological polar surface area (TPSA) is 94.9 Å². The minimum atomic E-state index is -1.39. The summed E-state index contributed by atoms with van der Waals surface area (Å²) in [7, 11) is 0. The molecule has 1 atom stereocenters. The summed E-state index contributed by atoms with van der Waals surface area (Å²) in [6.07, 6.45) is 2.05. The lowest BCUT2D eigenvalue weighted by molar-refractivity contribution is -0.153. The summed E-state index contributed by atoms with van der Waals surface area (Å²) in [5, 5.41) is 18.3. The number of aliphatic carboxylic acids is 1. The van der Waals surface area contributed by atoms with E-state index in [9.17, 15) is 14.4 Å². The van der Waals surface area contributed by atoms with Gasteiger partial charge < -0.3 is 10.2 Å². The van der Waals surface area contributed by atoms with Gasteiger partial charge in [-0.15, -0.1) is 0 Å². The molecule has 0 saturated heterocycles. The lowest BCUT2D eigenvalue weighted by atomic mass is 10.1. The smallest absolute Gasteiger partial charge is 0.331 e. The first kappa shape index (κ1) is 11.8. The van der Waals surface area contributed by atoms with Crippen LogP contribution in [0.1, 0.15) is 11.6 Å². The van der Waals surface area contributed by atoms with Gasteiger partial charge in [0.25, 0.3) is 11.8 Å². The predicted molar refractivity (Wildman–Crippen MR) is 59.5 cm³/mol. The number of carboxylic acid groups (broad SMARTS) is 1. The van der Waals surface area contributed by atoms with Crippen LogP contribution in [0.15, 0.2) is 36.4 Å². The van der Waals surface area contributed by atoms with Crippen LogP contribution in [0.2, 0.25) is 0 Å². The van der Waals surface area contributed by atoms with Gasteiger partial charge >= 0.3 is 5.97 Å². The van der Waals surface area contributed by atoms with Crippen molar-refractivity contribution in [3.63, 3.8) is 0 Å². The first-order valence-electron chi connectivity index (χ1n) is 5.07. The molecule has 1 heterocycles. The molecule has 2 N–H and O–H groups in total. The number of benzene rings is 1. The first-order valence-corrected chi connectivity index (χ1v) is 5.07. The standard InChI is InChI=1S/C12H9NO5/c14-8-3-1-7(2-4-8)11(12(17)18)13-9(15)5-6-10(13)16/h1-6,11,14H,(H,17,18). The molecule has 0 bridgehead atoms. The molecular weight excluding hydrogens is 238 g/mol. The Labute approximate surface area is 102 Å². The maximum atomic E-state index is 11.5. The summed E-state index contributed by atoms with van der Waals surface area (Å²) in [6.45, 7) is 0. The van der Waals surface area contributed by atoms with Gasteiger partial charge in [-0.2, -0.15) is 0 Å². The fourth-order valence-electron chi connectivity index (χ4n) is 1.72. The van der Waals surface area contributed by atoms with E-state index in [1.54, 1.807) is 0 Å². The third-order valence-electron chi connectivity index (χ3n) is 2.54. The molecule has 0 saturated carbocycles. The zero-order chi connectivity index (χ0) is 13.3. The molecule has 1 unspecified atom stereocenters. The van der Waals surface area contributed by atoms with Crippen LogP contribution in [0.3, 0.4) is 0 Å². The molecule has 1 aromatic carbocycles. The van der Waals surface area contributed by atoms with Crippen LogP contribution >= 0.6 is 0 Å². The fraction of sp³-hybridized carbons (Fsp3) is 0.0833. The largest absolute Gasteiger partial charge is 0.508 e. The number of hydrogen-bond donors (Lipinski definition) is 2. The van der Waals surface area contributed by atoms with Crippen molar-refractivity contribution >= 4 is 17.8 Å². The van der Waals surface area contributed by atoms with Gasteiger partial charge in [-0.25, -0.2) is 4.79 Å². The van der Waals surface area contributed by atoms with E-state index in [2.05, 4.69) is 0 Å². The number of rotatable bonds is 3. The average Bonchev–Trinajstić information content (AvgIpc) is 2.63. The number of imide groups is 1. The summed E-state index contributed by atoms with van der Waals surface area (Å²) >= 11 is 0. The van der Waals surface area contributed by atoms with E-state index in [0.717, 1.165) is 12.2 Å². The molecular formula is C12H9NO5. The molecule has 2 rings (SSSR count). The van der Waals surface area contributed by atoms with E-state index in [1.165, 1.54) is 24.3 Å². The highest BCUT2D eigenvalue weighted by molar-refractivity contribution is 6.14. The van der Waals surface area contributed by atoms with Crippen molar-refractivity contribution in [3.8, 4) is 5.75 Å². The van der Waals surface area contributed by atoms with Gasteiger partial charge in [0.1, 0.15) is 5.75 Å². The Hall–Kier alpha value is -2.63. The van der Waals surface area contributed by atoms with Crippen molar-refractivity contribution in [2.75, 3.05) is 0 Å². The third-order valence-corrected chi connectivity index (χ3v) is 2.54. The van der Waals surface area contributed by atoms with Gasteiger partial charge in [-0.1, -0.05) is 12.1 Å². The monoisotopic (exact) mass is 247 g/mol. The maximum absolute atomic E-state index is 11.5. The predicted octanol–water partition coefficient (Wildman–Crippen LogP) is 0.443. The zero-order valence-electron chi connectivity index (χ0n) is 9.11. The van der Waals surface area contributed by atoms with Crippen LogP contribution in [-0.2, 0) is 14.4 Å². The summed E-state index contributed by atoms with van der Waals surface area (Å²) in [5.74, 6) is -2.67. The first-order chi connectivity index (χ1) is 8.50. The lowest BCUT2D eigenvalue weighted by Crippen LogP contribution is -2.38. The van der Waals surface area contributed by atoms with Gasteiger partial charge in [-0.05, 0) is 17.7 Å². The Balaban J connectivity index is 2.41. The minimum Gasteiger partial charge on any atom is -0.508 e. The fourth-order valence-corrected chi connectivity index (χ4v) is 1.72. The molecule has 92 valence electrons. The lowest BCUT2D eigenvalue weighted by Gasteiger charge is -2.22. The number of carbonyl (C=O) groups is 3. The molecule has 0 radical (unpaired) electrons. The normalized spacial score (nSPS) is 16.1. The minimum absolute atomic E-state index is 0.0277. The van der Waals surface area contributed by atoms with E-state index in [-0.39, 0.29) is 11.3 Å². The molecule has 0 fully saturated rings. The van der Waals surface area contributed by atoms with Crippen LogP contribution in [-0.4, -0.2) is 32.9 Å². The molecule has 18 heavy (non-hydrogen) atoms. The maximum Gasteiger partial charge on any atom is 0.331 e. The number of phenolic OH excluding ortho intramolecular Hbond substituents is 1. The summed E-state index contributed by atoms with van der Waals surface area (Å²) < 4.78 is 0. The highest BCUT2D eigenvalue weighted by Crippen LogP contribution is 2.25. The van der Waals surface area contributed by atoms with Crippen LogP contribution in [0.4, 0.5) is 0 Å². The van der Waals surface area contributed by atoms with Crippen LogP contribution in [0.25, 0.3) is 0 Å². The van der Waals surface area contributed by atoms with Crippen molar-refractivity contribution in [2.45, 2.75) is 6.04 Å². The number of carbonyl (C=O) groups excluding carboxylic acids is 2. The summed E-state index contributed by atoms with van der Waals surface area (Å²) in [5.41, 5.74) is 0.241. The second kappa shape index (κ2) is 4.33. The van der Waals surface area contributed by atoms with Gasteiger partial charge in [0.15, 0.2) is 6.04 Å². The van der Waals surface area contributed by atoms with Crippen LogP contribution < -0.4 is 0 Å². The van der Waals surface area contributed by atoms with E-state index < -0.39 is 23.8 Å². The van der Waals surface area contributed by atoms with Gasteiger partial charge in [-0.3, -0.25) is 14.5 Å². The molecule has 1 aliphatic rings. The highest BCUT2D eigenvalue weighted by atomic mass is 16.4. The van der Waals surface area contributed by atoms with Crippen LogP contribution in [0.5, 0.6) is 5.75 Å². The quantitative estimate of drug-likeness (QED) is 0.756. The average molecular weight is 247 g/mol. The number of hydrogen-bond acceptors (Lipinski definition) is 4. The van der Waals surface area contributed by atoms with E-state index in [1.807, 2.05) is 0 Å².